The molecule has 3 aromatic rings. The van der Waals surface area contributed by atoms with Gasteiger partial charge in [-0.1, -0.05) is 5.16 Å². The van der Waals surface area contributed by atoms with Crippen LogP contribution in [0.3, 0.4) is 0 Å². The number of aryl methyl sites for hydroxylation is 3. The van der Waals surface area contributed by atoms with Gasteiger partial charge in [0, 0.05) is 12.5 Å². The highest BCUT2D eigenvalue weighted by atomic mass is 19.4. The Bertz CT molecular complexity index is 1020. The Morgan fingerprint density at radius 2 is 1.68 bits per heavy atom. The van der Waals surface area contributed by atoms with Gasteiger partial charge in [0.05, 0.1) is 12.3 Å². The number of ether oxygens (including phenoxy) is 1. The summed E-state index contributed by atoms with van der Waals surface area (Å²) in [5.41, 5.74) is 1.95. The zero-order valence-corrected chi connectivity index (χ0v) is 16.9. The topological polar surface area (TPSA) is 73.9 Å². The van der Waals surface area contributed by atoms with E-state index in [1.54, 1.807) is 26.0 Å². The number of nitrogens with zero attached hydrogens (tertiary/aromatic N) is 4. The predicted octanol–water partition coefficient (Wildman–Crippen LogP) is 5.29. The lowest BCUT2D eigenvalue weighted by Crippen LogP contribution is -2.11. The van der Waals surface area contributed by atoms with Crippen molar-refractivity contribution >= 4 is 0 Å². The molecule has 0 fully saturated rings. The van der Waals surface area contributed by atoms with Crippen molar-refractivity contribution in [1.29, 1.82) is 0 Å². The van der Waals surface area contributed by atoms with E-state index in [2.05, 4.69) is 24.9 Å². The summed E-state index contributed by atoms with van der Waals surface area (Å²) in [4.78, 5) is 3.39. The molecule has 2 aromatic heterocycles. The van der Waals surface area contributed by atoms with Crippen molar-refractivity contribution in [3.8, 4) is 17.1 Å². The molecule has 0 saturated carbocycles. The Labute approximate surface area is 174 Å². The van der Waals surface area contributed by atoms with Crippen LogP contribution in [0.4, 0.5) is 22.0 Å². The summed E-state index contributed by atoms with van der Waals surface area (Å²) in [7, 11) is 0. The van der Waals surface area contributed by atoms with Crippen molar-refractivity contribution in [2.24, 2.45) is 0 Å². The smallest absolute Gasteiger partial charge is 0.471 e. The van der Waals surface area contributed by atoms with E-state index in [0.29, 0.717) is 47.6 Å². The molecule has 0 bridgehead atoms. The minimum atomic E-state index is -4.71. The van der Waals surface area contributed by atoms with E-state index in [-0.39, 0.29) is 11.5 Å². The summed E-state index contributed by atoms with van der Waals surface area (Å²) in [6, 6.07) is 5.98. The summed E-state index contributed by atoms with van der Waals surface area (Å²) in [5, 5.41) is 10.7. The quantitative estimate of drug-likeness (QED) is 0.366. The van der Waals surface area contributed by atoms with Gasteiger partial charge in [0.2, 0.25) is 5.82 Å². The SMILES string of the molecule is Cc1cc(-c2noc(C(F)(F)F)n2)cc(C)c1OCCCc1ccc(C(C)(F)F)nn1. The van der Waals surface area contributed by atoms with Crippen LogP contribution in [-0.4, -0.2) is 26.9 Å². The summed E-state index contributed by atoms with van der Waals surface area (Å²) in [6.45, 7) is 4.60. The van der Waals surface area contributed by atoms with Crippen LogP contribution in [-0.2, 0) is 18.5 Å². The molecule has 0 aliphatic heterocycles. The molecule has 0 unspecified atom stereocenters. The van der Waals surface area contributed by atoms with Gasteiger partial charge in [-0.05, 0) is 62.1 Å². The average Bonchev–Trinajstić information content (AvgIpc) is 3.17. The van der Waals surface area contributed by atoms with Crippen molar-refractivity contribution in [2.75, 3.05) is 6.61 Å². The van der Waals surface area contributed by atoms with Gasteiger partial charge in [-0.3, -0.25) is 0 Å². The first-order chi connectivity index (χ1) is 14.4. The van der Waals surface area contributed by atoms with Gasteiger partial charge in [-0.15, -0.1) is 5.10 Å². The minimum absolute atomic E-state index is 0.162. The fourth-order valence-electron chi connectivity index (χ4n) is 2.92. The van der Waals surface area contributed by atoms with Crippen LogP contribution in [0, 0.1) is 13.8 Å². The van der Waals surface area contributed by atoms with Gasteiger partial charge < -0.3 is 9.26 Å². The number of hydrogen-bond acceptors (Lipinski definition) is 6. The molecule has 0 atom stereocenters. The van der Waals surface area contributed by atoms with E-state index >= 15 is 0 Å². The number of halogens is 5. The largest absolute Gasteiger partial charge is 0.493 e. The Morgan fingerprint density at radius 3 is 2.19 bits per heavy atom. The van der Waals surface area contributed by atoms with Gasteiger partial charge in [-0.25, -0.2) is 0 Å². The van der Waals surface area contributed by atoms with Gasteiger partial charge >= 0.3 is 12.1 Å². The zero-order valence-electron chi connectivity index (χ0n) is 16.9. The number of alkyl halides is 5. The molecule has 0 N–H and O–H groups in total. The second-order valence-corrected chi connectivity index (χ2v) is 7.11. The molecule has 11 heteroatoms. The molecular weight excluding hydrogens is 423 g/mol. The maximum absolute atomic E-state index is 13.2. The lowest BCUT2D eigenvalue weighted by molar-refractivity contribution is -0.159. The van der Waals surface area contributed by atoms with E-state index in [9.17, 15) is 22.0 Å². The van der Waals surface area contributed by atoms with Gasteiger partial charge in [0.25, 0.3) is 5.92 Å². The number of aromatic nitrogens is 4. The molecule has 6 nitrogen and oxygen atoms in total. The van der Waals surface area contributed by atoms with Crippen LogP contribution < -0.4 is 4.74 Å². The molecule has 3 rings (SSSR count). The van der Waals surface area contributed by atoms with Crippen molar-refractivity contribution in [3.63, 3.8) is 0 Å². The molecule has 2 heterocycles. The first kappa shape index (κ1) is 22.6. The molecule has 31 heavy (non-hydrogen) atoms. The highest BCUT2D eigenvalue weighted by molar-refractivity contribution is 5.61. The summed E-state index contributed by atoms with van der Waals surface area (Å²) < 4.78 is 74.3. The van der Waals surface area contributed by atoms with Gasteiger partial charge in [0.15, 0.2) is 0 Å². The van der Waals surface area contributed by atoms with Gasteiger partial charge in [-0.2, -0.15) is 32.0 Å². The fourth-order valence-corrected chi connectivity index (χ4v) is 2.92. The molecule has 0 spiro atoms. The Morgan fingerprint density at radius 1 is 1.00 bits per heavy atom. The Hall–Kier alpha value is -3.11. The highest BCUT2D eigenvalue weighted by Crippen LogP contribution is 2.32. The maximum Gasteiger partial charge on any atom is 0.471 e. The van der Waals surface area contributed by atoms with Crippen LogP contribution >= 0.6 is 0 Å². The number of benzene rings is 1. The average molecular weight is 442 g/mol. The van der Waals surface area contributed by atoms with E-state index in [1.807, 2.05) is 0 Å². The first-order valence-corrected chi connectivity index (χ1v) is 9.31. The maximum atomic E-state index is 13.2. The molecular formula is C20H19F5N4O2. The molecule has 0 saturated heterocycles. The third kappa shape index (κ3) is 5.53. The van der Waals surface area contributed by atoms with E-state index < -0.39 is 18.0 Å². The lowest BCUT2D eigenvalue weighted by atomic mass is 10.1. The van der Waals surface area contributed by atoms with E-state index in [0.717, 1.165) is 6.92 Å². The monoisotopic (exact) mass is 442 g/mol. The zero-order chi connectivity index (χ0) is 22.8. The van der Waals surface area contributed by atoms with Crippen LogP contribution in [0.5, 0.6) is 5.75 Å². The summed E-state index contributed by atoms with van der Waals surface area (Å²) in [6.07, 6.45) is -3.65. The lowest BCUT2D eigenvalue weighted by Gasteiger charge is -2.13. The van der Waals surface area contributed by atoms with Crippen LogP contribution in [0.25, 0.3) is 11.4 Å². The molecule has 1 aromatic carbocycles. The second-order valence-electron chi connectivity index (χ2n) is 7.11. The Kier molecular flexibility index (Phi) is 6.23. The fraction of sp³-hybridized carbons (Fsp3) is 0.400. The third-order valence-corrected chi connectivity index (χ3v) is 4.38. The second kappa shape index (κ2) is 8.56. The normalized spacial score (nSPS) is 12.3. The molecule has 0 aliphatic carbocycles. The van der Waals surface area contributed by atoms with Crippen molar-refractivity contribution in [3.05, 3.63) is 52.7 Å². The Balaban J connectivity index is 1.60. The minimum Gasteiger partial charge on any atom is -0.493 e. The van der Waals surface area contributed by atoms with Crippen LogP contribution in [0.1, 0.15) is 41.8 Å². The first-order valence-electron chi connectivity index (χ1n) is 9.31. The van der Waals surface area contributed by atoms with Gasteiger partial charge in [0.1, 0.15) is 11.4 Å². The molecule has 0 amide bonds. The molecule has 0 radical (unpaired) electrons. The third-order valence-electron chi connectivity index (χ3n) is 4.38. The summed E-state index contributed by atoms with van der Waals surface area (Å²) >= 11 is 0. The van der Waals surface area contributed by atoms with Crippen LogP contribution in [0.15, 0.2) is 28.8 Å². The predicted molar refractivity (Wildman–Crippen MR) is 99.6 cm³/mol. The number of rotatable bonds is 7. The summed E-state index contributed by atoms with van der Waals surface area (Å²) in [5.74, 6) is -4.01. The van der Waals surface area contributed by atoms with Crippen molar-refractivity contribution in [1.82, 2.24) is 20.3 Å². The molecule has 166 valence electrons. The van der Waals surface area contributed by atoms with Crippen molar-refractivity contribution in [2.45, 2.75) is 45.7 Å². The number of hydrogen-bond donors (Lipinski definition) is 0. The van der Waals surface area contributed by atoms with E-state index in [1.165, 1.54) is 12.1 Å². The molecule has 0 aliphatic rings. The van der Waals surface area contributed by atoms with Crippen molar-refractivity contribution < 1.29 is 31.2 Å². The van der Waals surface area contributed by atoms with E-state index in [4.69, 9.17) is 4.74 Å². The standard InChI is InChI=1S/C20H19F5N4O2/c1-11-9-13(17-26-18(31-29-17)20(23,24)25)10-12(2)16(11)30-8-4-5-14-6-7-15(28-27-14)19(3,21)22/h6-7,9-10H,4-5,8H2,1-3H3. The van der Waals surface area contributed by atoms with Crippen LogP contribution in [0.2, 0.25) is 0 Å². The highest BCUT2D eigenvalue weighted by Gasteiger charge is 2.38.